The molecule has 23 heavy (non-hydrogen) atoms. The van der Waals surface area contributed by atoms with Crippen LogP contribution in [-0.4, -0.2) is 11.6 Å². The fraction of sp³-hybridized carbons (Fsp3) is 0. The van der Waals surface area contributed by atoms with Crippen LogP contribution >= 0.6 is 34.8 Å². The van der Waals surface area contributed by atoms with Gasteiger partial charge in [-0.3, -0.25) is 9.59 Å². The van der Waals surface area contributed by atoms with Crippen molar-refractivity contribution in [3.63, 3.8) is 0 Å². The standard InChI is InChI=1S/C16H9Cl3N2O2/c17-11-12(18)16(23)14(13(19)15(11)22)21-9-6-2-4-7-3-1-5-8(20)10(7)9/h1-6,21H,20H2. The summed E-state index contributed by atoms with van der Waals surface area (Å²) >= 11 is 17.5. The molecule has 0 fully saturated rings. The molecular weight excluding hydrogens is 359 g/mol. The van der Waals surface area contributed by atoms with E-state index in [0.29, 0.717) is 16.8 Å². The number of nitrogens with one attached hydrogen (secondary N) is 1. The average Bonchev–Trinajstić information content (AvgIpc) is 2.55. The summed E-state index contributed by atoms with van der Waals surface area (Å²) in [5.74, 6) is -1.35. The summed E-state index contributed by atoms with van der Waals surface area (Å²) in [5, 5.41) is 3.40. The number of benzene rings is 2. The van der Waals surface area contributed by atoms with Crippen LogP contribution in [0.25, 0.3) is 10.8 Å². The van der Waals surface area contributed by atoms with Crippen molar-refractivity contribution in [3.8, 4) is 0 Å². The average molecular weight is 368 g/mol. The lowest BCUT2D eigenvalue weighted by Gasteiger charge is -2.18. The Kier molecular flexibility index (Phi) is 4.06. The molecule has 0 bridgehead atoms. The van der Waals surface area contributed by atoms with Gasteiger partial charge in [-0.1, -0.05) is 59.1 Å². The van der Waals surface area contributed by atoms with E-state index in [1.165, 1.54) is 0 Å². The number of ketones is 2. The summed E-state index contributed by atoms with van der Waals surface area (Å²) in [6, 6.07) is 10.8. The molecule has 0 aliphatic heterocycles. The smallest absolute Gasteiger partial charge is 0.223 e. The van der Waals surface area contributed by atoms with Gasteiger partial charge in [0.2, 0.25) is 11.6 Å². The maximum absolute atomic E-state index is 12.3. The van der Waals surface area contributed by atoms with Gasteiger partial charge < -0.3 is 11.1 Å². The van der Waals surface area contributed by atoms with E-state index in [4.69, 9.17) is 40.5 Å². The number of Topliss-reactive ketones (excluding diaryl/α,β-unsaturated/α-hetero) is 2. The summed E-state index contributed by atoms with van der Waals surface area (Å²) in [6.07, 6.45) is 0. The molecule has 2 aromatic rings. The lowest BCUT2D eigenvalue weighted by atomic mass is 10.0. The van der Waals surface area contributed by atoms with Gasteiger partial charge in [-0.25, -0.2) is 0 Å². The number of fused-ring (bicyclic) bond motifs is 1. The molecular formula is C16H9Cl3N2O2. The summed E-state index contributed by atoms with van der Waals surface area (Å²) in [4.78, 5) is 24.2. The zero-order valence-electron chi connectivity index (χ0n) is 11.5. The topological polar surface area (TPSA) is 72.2 Å². The molecule has 0 saturated carbocycles. The van der Waals surface area contributed by atoms with Gasteiger partial charge in [0.05, 0.1) is 0 Å². The zero-order chi connectivity index (χ0) is 16.7. The van der Waals surface area contributed by atoms with E-state index in [9.17, 15) is 9.59 Å². The minimum absolute atomic E-state index is 0.123. The molecule has 0 radical (unpaired) electrons. The highest BCUT2D eigenvalue weighted by Crippen LogP contribution is 2.35. The van der Waals surface area contributed by atoms with Crippen LogP contribution in [0.3, 0.4) is 0 Å². The number of carbonyl (C=O) groups is 2. The van der Waals surface area contributed by atoms with Gasteiger partial charge in [0.15, 0.2) is 0 Å². The van der Waals surface area contributed by atoms with Crippen molar-refractivity contribution in [2.75, 3.05) is 11.1 Å². The maximum atomic E-state index is 12.3. The normalized spacial score (nSPS) is 15.6. The lowest BCUT2D eigenvalue weighted by molar-refractivity contribution is -0.115. The molecule has 7 heteroatoms. The van der Waals surface area contributed by atoms with Gasteiger partial charge in [0.25, 0.3) is 0 Å². The Hall–Kier alpha value is -2.01. The maximum Gasteiger partial charge on any atom is 0.223 e. The molecule has 3 N–H and O–H groups in total. The minimum atomic E-state index is -0.700. The molecule has 1 aliphatic rings. The fourth-order valence-electron chi connectivity index (χ4n) is 2.34. The first-order valence-corrected chi connectivity index (χ1v) is 7.64. The van der Waals surface area contributed by atoms with E-state index < -0.39 is 11.6 Å². The number of allylic oxidation sites excluding steroid dienone is 3. The van der Waals surface area contributed by atoms with E-state index in [1.807, 2.05) is 18.2 Å². The monoisotopic (exact) mass is 366 g/mol. The highest BCUT2D eigenvalue weighted by molar-refractivity contribution is 6.64. The highest BCUT2D eigenvalue weighted by Gasteiger charge is 2.32. The van der Waals surface area contributed by atoms with Crippen LogP contribution in [-0.2, 0) is 9.59 Å². The van der Waals surface area contributed by atoms with Gasteiger partial charge in [-0.2, -0.15) is 0 Å². The Bertz CT molecular complexity index is 927. The van der Waals surface area contributed by atoms with Crippen LogP contribution in [0.15, 0.2) is 57.2 Å². The summed E-state index contributed by atoms with van der Waals surface area (Å²) in [5.41, 5.74) is 6.95. The van der Waals surface area contributed by atoms with Gasteiger partial charge in [-0.05, 0) is 17.5 Å². The molecule has 2 aromatic carbocycles. The SMILES string of the molecule is Nc1cccc2cccc(NC3=C(Cl)C(=O)C(Cl)=C(Cl)C3=O)c12. The second-order valence-electron chi connectivity index (χ2n) is 4.85. The third-order valence-electron chi connectivity index (χ3n) is 3.43. The lowest BCUT2D eigenvalue weighted by Crippen LogP contribution is -2.22. The van der Waals surface area contributed by atoms with Crippen molar-refractivity contribution in [2.24, 2.45) is 0 Å². The Morgan fingerprint density at radius 3 is 2.13 bits per heavy atom. The predicted octanol–water partition coefficient (Wildman–Crippen LogP) is 4.13. The van der Waals surface area contributed by atoms with Gasteiger partial charge in [0.1, 0.15) is 20.8 Å². The molecule has 0 atom stereocenters. The van der Waals surface area contributed by atoms with Crippen LogP contribution in [0.5, 0.6) is 0 Å². The molecule has 3 rings (SSSR count). The number of halogens is 3. The molecule has 0 aromatic heterocycles. The largest absolute Gasteiger partial charge is 0.398 e. The van der Waals surface area contributed by atoms with Crippen LogP contribution in [0, 0.1) is 0 Å². The van der Waals surface area contributed by atoms with Crippen LogP contribution in [0.4, 0.5) is 11.4 Å². The van der Waals surface area contributed by atoms with Gasteiger partial charge in [-0.15, -0.1) is 0 Å². The first-order chi connectivity index (χ1) is 10.9. The first-order valence-electron chi connectivity index (χ1n) is 6.50. The molecule has 116 valence electrons. The Balaban J connectivity index is 2.13. The number of rotatable bonds is 2. The number of nitrogen functional groups attached to an aromatic ring is 1. The molecule has 0 spiro atoms. The number of hydrogen-bond acceptors (Lipinski definition) is 4. The summed E-state index contributed by atoms with van der Waals surface area (Å²) in [6.45, 7) is 0. The molecule has 0 amide bonds. The van der Waals surface area contributed by atoms with Crippen molar-refractivity contribution in [2.45, 2.75) is 0 Å². The van der Waals surface area contributed by atoms with E-state index in [1.54, 1.807) is 18.2 Å². The highest BCUT2D eigenvalue weighted by atomic mass is 35.5. The Morgan fingerprint density at radius 1 is 0.826 bits per heavy atom. The van der Waals surface area contributed by atoms with Crippen LogP contribution in [0.1, 0.15) is 0 Å². The zero-order valence-corrected chi connectivity index (χ0v) is 13.8. The third kappa shape index (κ3) is 2.59. The fourth-order valence-corrected chi connectivity index (χ4v) is 2.98. The van der Waals surface area contributed by atoms with Crippen molar-refractivity contribution >= 4 is 68.5 Å². The van der Waals surface area contributed by atoms with Crippen LogP contribution in [0.2, 0.25) is 0 Å². The van der Waals surface area contributed by atoms with E-state index in [2.05, 4.69) is 5.32 Å². The van der Waals surface area contributed by atoms with Gasteiger partial charge >= 0.3 is 0 Å². The third-order valence-corrected chi connectivity index (χ3v) is 4.61. The Morgan fingerprint density at radius 2 is 1.43 bits per heavy atom. The number of carbonyl (C=O) groups excluding carboxylic acids is 2. The second kappa shape index (κ2) is 5.89. The Labute approximate surface area is 146 Å². The van der Waals surface area contributed by atoms with Crippen molar-refractivity contribution < 1.29 is 9.59 Å². The molecule has 0 unspecified atom stereocenters. The van der Waals surface area contributed by atoms with Crippen molar-refractivity contribution in [1.82, 2.24) is 0 Å². The number of hydrogen-bond donors (Lipinski definition) is 2. The predicted molar refractivity (Wildman–Crippen MR) is 93.6 cm³/mol. The van der Waals surface area contributed by atoms with E-state index in [-0.39, 0.29) is 20.8 Å². The minimum Gasteiger partial charge on any atom is -0.398 e. The van der Waals surface area contributed by atoms with Crippen LogP contribution < -0.4 is 11.1 Å². The molecule has 0 saturated heterocycles. The van der Waals surface area contributed by atoms with Gasteiger partial charge in [0, 0.05) is 16.8 Å². The quantitative estimate of drug-likeness (QED) is 0.618. The molecule has 0 heterocycles. The van der Waals surface area contributed by atoms with E-state index >= 15 is 0 Å². The van der Waals surface area contributed by atoms with Crippen molar-refractivity contribution in [1.29, 1.82) is 0 Å². The molecule has 4 nitrogen and oxygen atoms in total. The molecule has 1 aliphatic carbocycles. The van der Waals surface area contributed by atoms with Crippen molar-refractivity contribution in [3.05, 3.63) is 57.2 Å². The first kappa shape index (κ1) is 15.9. The van der Waals surface area contributed by atoms with E-state index in [0.717, 1.165) is 5.39 Å². The second-order valence-corrected chi connectivity index (χ2v) is 5.99. The summed E-state index contributed by atoms with van der Waals surface area (Å²) < 4.78 is 0. The number of nitrogens with two attached hydrogens (primary N) is 1. The number of anilines is 2. The summed E-state index contributed by atoms with van der Waals surface area (Å²) in [7, 11) is 0.